The number of benzene rings is 2. The van der Waals surface area contributed by atoms with Crippen LogP contribution in [0, 0.1) is 0 Å². The molecule has 2 rings (SSSR count). The van der Waals surface area contributed by atoms with Crippen LogP contribution in [0.2, 0.25) is 0 Å². The molecule has 8 heteroatoms. The number of rotatable bonds is 9. The molecule has 5 nitrogen and oxygen atoms in total. The minimum Gasteiger partial charge on any atom is -0.493 e. The van der Waals surface area contributed by atoms with Crippen molar-refractivity contribution >= 4 is 11.6 Å². The minimum absolute atomic E-state index is 0.130. The topological polar surface area (TPSA) is 59.6 Å². The van der Waals surface area contributed by atoms with Gasteiger partial charge in [-0.05, 0) is 48.9 Å². The lowest BCUT2D eigenvalue weighted by Crippen LogP contribution is -2.23. The fourth-order valence-electron chi connectivity index (χ4n) is 2.59. The van der Waals surface area contributed by atoms with Gasteiger partial charge in [-0.25, -0.2) is 0 Å². The van der Waals surface area contributed by atoms with Gasteiger partial charge >= 0.3 is 6.18 Å². The first-order valence-electron chi connectivity index (χ1n) is 8.72. The SMILES string of the molecule is COc1ccc(CCNCCC(=O)Nc2cccc(C(F)(F)F)c2)cc1OC. The Labute approximate surface area is 161 Å². The molecule has 0 heterocycles. The van der Waals surface area contributed by atoms with Crippen LogP contribution in [0.15, 0.2) is 42.5 Å². The van der Waals surface area contributed by atoms with Gasteiger partial charge in [-0.1, -0.05) is 12.1 Å². The monoisotopic (exact) mass is 396 g/mol. The van der Waals surface area contributed by atoms with Gasteiger partial charge < -0.3 is 20.1 Å². The van der Waals surface area contributed by atoms with Crippen molar-refractivity contribution in [1.29, 1.82) is 0 Å². The number of hydrogen-bond acceptors (Lipinski definition) is 4. The Morgan fingerprint density at radius 2 is 1.75 bits per heavy atom. The highest BCUT2D eigenvalue weighted by atomic mass is 19.4. The summed E-state index contributed by atoms with van der Waals surface area (Å²) in [6.07, 6.45) is -3.55. The molecule has 0 aromatic heterocycles. The van der Waals surface area contributed by atoms with Crippen LogP contribution in [-0.2, 0) is 17.4 Å². The second kappa shape index (κ2) is 9.98. The molecule has 2 aromatic carbocycles. The molecule has 0 atom stereocenters. The molecule has 0 saturated heterocycles. The lowest BCUT2D eigenvalue weighted by Gasteiger charge is -2.11. The van der Waals surface area contributed by atoms with Crippen LogP contribution in [-0.4, -0.2) is 33.2 Å². The van der Waals surface area contributed by atoms with Crippen LogP contribution in [0.5, 0.6) is 11.5 Å². The molecule has 2 aromatic rings. The average molecular weight is 396 g/mol. The van der Waals surface area contributed by atoms with E-state index in [1.807, 2.05) is 18.2 Å². The van der Waals surface area contributed by atoms with Crippen molar-refractivity contribution in [2.75, 3.05) is 32.6 Å². The number of carbonyl (C=O) groups excluding carboxylic acids is 1. The zero-order valence-electron chi connectivity index (χ0n) is 15.7. The number of halogens is 3. The van der Waals surface area contributed by atoms with Crippen LogP contribution in [0.4, 0.5) is 18.9 Å². The first kappa shape index (κ1) is 21.6. The highest BCUT2D eigenvalue weighted by Gasteiger charge is 2.30. The molecule has 0 aliphatic carbocycles. The van der Waals surface area contributed by atoms with Crippen LogP contribution >= 0.6 is 0 Å². The van der Waals surface area contributed by atoms with Gasteiger partial charge in [-0.3, -0.25) is 4.79 Å². The third-order valence-electron chi connectivity index (χ3n) is 4.04. The summed E-state index contributed by atoms with van der Waals surface area (Å²) in [5.74, 6) is 0.962. The number of amides is 1. The largest absolute Gasteiger partial charge is 0.493 e. The van der Waals surface area contributed by atoms with Crippen molar-refractivity contribution in [1.82, 2.24) is 5.32 Å². The number of nitrogens with one attached hydrogen (secondary N) is 2. The van der Waals surface area contributed by atoms with Gasteiger partial charge in [-0.2, -0.15) is 13.2 Å². The zero-order chi connectivity index (χ0) is 20.6. The summed E-state index contributed by atoms with van der Waals surface area (Å²) in [5, 5.41) is 5.62. The van der Waals surface area contributed by atoms with E-state index in [0.29, 0.717) is 24.6 Å². The van der Waals surface area contributed by atoms with Crippen LogP contribution in [0.3, 0.4) is 0 Å². The summed E-state index contributed by atoms with van der Waals surface area (Å²) in [5.41, 5.74) is 0.391. The Kier molecular flexibility index (Phi) is 7.69. The molecule has 28 heavy (non-hydrogen) atoms. The quantitative estimate of drug-likeness (QED) is 0.632. The van der Waals surface area contributed by atoms with Crippen molar-refractivity contribution in [3.8, 4) is 11.5 Å². The van der Waals surface area contributed by atoms with Crippen LogP contribution in [0.1, 0.15) is 17.5 Å². The van der Waals surface area contributed by atoms with E-state index in [9.17, 15) is 18.0 Å². The maximum atomic E-state index is 12.7. The van der Waals surface area contributed by atoms with Crippen LogP contribution in [0.25, 0.3) is 0 Å². The fraction of sp³-hybridized carbons (Fsp3) is 0.350. The van der Waals surface area contributed by atoms with Crippen molar-refractivity contribution in [2.24, 2.45) is 0 Å². The standard InChI is InChI=1S/C20H23F3N2O3/c1-27-17-7-6-14(12-18(17)28-2)8-10-24-11-9-19(26)25-16-5-3-4-15(13-16)20(21,22)23/h3-7,12-13,24H,8-11H2,1-2H3,(H,25,26). The normalized spacial score (nSPS) is 11.2. The Morgan fingerprint density at radius 1 is 1.00 bits per heavy atom. The van der Waals surface area contributed by atoms with Crippen molar-refractivity contribution in [3.63, 3.8) is 0 Å². The van der Waals surface area contributed by atoms with Gasteiger partial charge in [0.2, 0.25) is 5.91 Å². The molecule has 0 unspecified atom stereocenters. The second-order valence-corrected chi connectivity index (χ2v) is 6.07. The first-order valence-corrected chi connectivity index (χ1v) is 8.72. The van der Waals surface area contributed by atoms with Gasteiger partial charge in [0.25, 0.3) is 0 Å². The Morgan fingerprint density at radius 3 is 2.43 bits per heavy atom. The van der Waals surface area contributed by atoms with Gasteiger partial charge in [-0.15, -0.1) is 0 Å². The molecule has 0 bridgehead atoms. The third-order valence-corrected chi connectivity index (χ3v) is 4.04. The predicted molar refractivity (Wildman–Crippen MR) is 101 cm³/mol. The summed E-state index contributed by atoms with van der Waals surface area (Å²) >= 11 is 0. The van der Waals surface area contributed by atoms with E-state index >= 15 is 0 Å². The smallest absolute Gasteiger partial charge is 0.416 e. The molecule has 152 valence electrons. The summed E-state index contributed by atoms with van der Waals surface area (Å²) < 4.78 is 48.5. The third kappa shape index (κ3) is 6.45. The average Bonchev–Trinajstić information content (AvgIpc) is 2.67. The maximum absolute atomic E-state index is 12.7. The molecule has 0 aliphatic rings. The number of ether oxygens (including phenoxy) is 2. The molecule has 0 fully saturated rings. The van der Waals surface area contributed by atoms with E-state index in [0.717, 1.165) is 24.1 Å². The highest BCUT2D eigenvalue weighted by Crippen LogP contribution is 2.30. The summed E-state index contributed by atoms with van der Waals surface area (Å²) in [6, 6.07) is 10.2. The molecule has 0 spiro atoms. The zero-order valence-corrected chi connectivity index (χ0v) is 15.7. The van der Waals surface area contributed by atoms with E-state index in [-0.39, 0.29) is 18.0 Å². The number of hydrogen-bond donors (Lipinski definition) is 2. The van der Waals surface area contributed by atoms with Gasteiger partial charge in [0.15, 0.2) is 11.5 Å². The van der Waals surface area contributed by atoms with Crippen LogP contribution < -0.4 is 20.1 Å². The minimum atomic E-state index is -4.44. The number of methoxy groups -OCH3 is 2. The maximum Gasteiger partial charge on any atom is 0.416 e. The van der Waals surface area contributed by atoms with Crippen molar-refractivity contribution in [2.45, 2.75) is 19.0 Å². The summed E-state index contributed by atoms with van der Waals surface area (Å²) in [6.45, 7) is 1.06. The number of anilines is 1. The van der Waals surface area contributed by atoms with E-state index in [2.05, 4.69) is 10.6 Å². The number of carbonyl (C=O) groups is 1. The van der Waals surface area contributed by atoms with Crippen molar-refractivity contribution < 1.29 is 27.4 Å². The Bertz CT molecular complexity index is 795. The molecule has 0 aliphatic heterocycles. The van der Waals surface area contributed by atoms with Gasteiger partial charge in [0.05, 0.1) is 19.8 Å². The Balaban J connectivity index is 1.73. The van der Waals surface area contributed by atoms with E-state index in [4.69, 9.17) is 9.47 Å². The lowest BCUT2D eigenvalue weighted by atomic mass is 10.1. The van der Waals surface area contributed by atoms with E-state index < -0.39 is 11.7 Å². The Hall–Kier alpha value is -2.74. The predicted octanol–water partition coefficient (Wildman–Crippen LogP) is 3.88. The van der Waals surface area contributed by atoms with Gasteiger partial charge in [0.1, 0.15) is 0 Å². The lowest BCUT2D eigenvalue weighted by molar-refractivity contribution is -0.137. The second-order valence-electron chi connectivity index (χ2n) is 6.07. The highest BCUT2D eigenvalue weighted by molar-refractivity contribution is 5.90. The van der Waals surface area contributed by atoms with Crippen molar-refractivity contribution in [3.05, 3.63) is 53.6 Å². The summed E-state index contributed by atoms with van der Waals surface area (Å²) in [4.78, 5) is 11.9. The molecule has 2 N–H and O–H groups in total. The number of alkyl halides is 3. The summed E-state index contributed by atoms with van der Waals surface area (Å²) in [7, 11) is 3.15. The van der Waals surface area contributed by atoms with Gasteiger partial charge in [0, 0.05) is 18.7 Å². The molecular formula is C20H23F3N2O3. The molecular weight excluding hydrogens is 373 g/mol. The first-order chi connectivity index (χ1) is 13.3. The van der Waals surface area contributed by atoms with E-state index in [1.54, 1.807) is 14.2 Å². The fourth-order valence-corrected chi connectivity index (χ4v) is 2.59. The molecule has 0 radical (unpaired) electrons. The molecule has 0 saturated carbocycles. The van der Waals surface area contributed by atoms with E-state index in [1.165, 1.54) is 12.1 Å². The molecule has 1 amide bonds.